The number of aryl methyl sites for hydroxylation is 2. The van der Waals surface area contributed by atoms with Gasteiger partial charge in [0.25, 0.3) is 5.91 Å². The zero-order chi connectivity index (χ0) is 22.7. The molecule has 1 heterocycles. The summed E-state index contributed by atoms with van der Waals surface area (Å²) < 4.78 is 0. The lowest BCUT2D eigenvalue weighted by Gasteiger charge is -2.21. The van der Waals surface area contributed by atoms with E-state index in [0.29, 0.717) is 24.1 Å². The molecule has 1 aliphatic heterocycles. The van der Waals surface area contributed by atoms with Crippen LogP contribution in [0.25, 0.3) is 0 Å². The molecule has 7 heteroatoms. The number of fused-ring (bicyclic) bond motifs is 1. The van der Waals surface area contributed by atoms with Gasteiger partial charge in [0.2, 0.25) is 5.78 Å². The van der Waals surface area contributed by atoms with Gasteiger partial charge in [0.15, 0.2) is 17.3 Å². The highest BCUT2D eigenvalue weighted by Crippen LogP contribution is 2.33. The number of thioether (sulfide) groups is 1. The minimum Gasteiger partial charge on any atom is -0.504 e. The third kappa shape index (κ3) is 4.68. The number of Topliss-reactive ketones (excluding diaryl/α,β-unsaturated/α-hetero) is 2. The molecule has 0 bridgehead atoms. The maximum Gasteiger partial charge on any atom is 0.292 e. The van der Waals surface area contributed by atoms with Crippen molar-refractivity contribution in [1.29, 1.82) is 0 Å². The number of hydrogen-bond acceptors (Lipinski definition) is 6. The molecule has 1 atom stereocenters. The lowest BCUT2D eigenvalue weighted by atomic mass is 9.94. The Labute approximate surface area is 189 Å². The molecular formula is C25H21NO5S. The highest BCUT2D eigenvalue weighted by atomic mass is 32.2. The molecule has 3 N–H and O–H groups in total. The smallest absolute Gasteiger partial charge is 0.292 e. The monoisotopic (exact) mass is 447 g/mol. The zero-order valence-corrected chi connectivity index (χ0v) is 17.9. The second kappa shape index (κ2) is 9.28. The maximum absolute atomic E-state index is 12.6. The number of carbonyl (C=O) groups is 3. The van der Waals surface area contributed by atoms with Crippen molar-refractivity contribution in [1.82, 2.24) is 0 Å². The Balaban J connectivity index is 1.35. The van der Waals surface area contributed by atoms with Gasteiger partial charge in [-0.2, -0.15) is 0 Å². The number of carbonyl (C=O) groups excluding carboxylic acids is 3. The first-order valence-corrected chi connectivity index (χ1v) is 11.1. The number of amides is 1. The Bertz CT molecular complexity index is 1190. The lowest BCUT2D eigenvalue weighted by molar-refractivity contribution is -0.136. The molecule has 0 saturated heterocycles. The molecule has 1 unspecified atom stereocenters. The summed E-state index contributed by atoms with van der Waals surface area (Å²) in [6.07, 6.45) is 1.37. The number of nitrogens with one attached hydrogen (secondary N) is 1. The van der Waals surface area contributed by atoms with E-state index in [9.17, 15) is 24.6 Å². The summed E-state index contributed by atoms with van der Waals surface area (Å²) in [7, 11) is 0. The first-order valence-electron chi connectivity index (χ1n) is 10.1. The standard InChI is InChI=1S/C25H21NO5S/c27-20-12-9-16(13-21(20)28)6-5-15-7-10-17(11-8-15)26-25(31)24(30)19-14-32-22-4-2-1-3-18(22)23(19)29/h1-4,7-13,19,27-28H,5-6,14H2,(H,26,31). The predicted molar refractivity (Wildman–Crippen MR) is 122 cm³/mol. The fraction of sp³-hybridized carbons (Fsp3) is 0.160. The van der Waals surface area contributed by atoms with Gasteiger partial charge >= 0.3 is 0 Å². The molecule has 32 heavy (non-hydrogen) atoms. The van der Waals surface area contributed by atoms with Gasteiger partial charge in [-0.15, -0.1) is 11.8 Å². The van der Waals surface area contributed by atoms with Crippen molar-refractivity contribution in [2.75, 3.05) is 11.1 Å². The number of phenols is 2. The van der Waals surface area contributed by atoms with E-state index in [2.05, 4.69) is 5.32 Å². The third-order valence-electron chi connectivity index (χ3n) is 5.37. The van der Waals surface area contributed by atoms with E-state index in [-0.39, 0.29) is 23.0 Å². The van der Waals surface area contributed by atoms with Crippen molar-refractivity contribution < 1.29 is 24.6 Å². The summed E-state index contributed by atoms with van der Waals surface area (Å²) in [5, 5.41) is 21.6. The molecule has 6 nitrogen and oxygen atoms in total. The Hall–Kier alpha value is -3.58. The second-order valence-corrected chi connectivity index (χ2v) is 8.62. The van der Waals surface area contributed by atoms with Gasteiger partial charge in [-0.05, 0) is 54.3 Å². The van der Waals surface area contributed by atoms with Gasteiger partial charge < -0.3 is 15.5 Å². The molecule has 1 aliphatic rings. The van der Waals surface area contributed by atoms with Crippen LogP contribution in [-0.2, 0) is 22.4 Å². The molecule has 0 fully saturated rings. The molecular weight excluding hydrogens is 426 g/mol. The average molecular weight is 448 g/mol. The van der Waals surface area contributed by atoms with Crippen molar-refractivity contribution in [3.63, 3.8) is 0 Å². The summed E-state index contributed by atoms with van der Waals surface area (Å²) in [5.41, 5.74) is 2.86. The van der Waals surface area contributed by atoms with Crippen molar-refractivity contribution >= 4 is 34.9 Å². The second-order valence-electron chi connectivity index (χ2n) is 7.56. The Morgan fingerprint density at radius 3 is 2.34 bits per heavy atom. The first kappa shape index (κ1) is 21.6. The van der Waals surface area contributed by atoms with Crippen LogP contribution in [0, 0.1) is 5.92 Å². The molecule has 1 amide bonds. The molecule has 0 aliphatic carbocycles. The summed E-state index contributed by atoms with van der Waals surface area (Å²) in [6.45, 7) is 0. The van der Waals surface area contributed by atoms with E-state index < -0.39 is 17.6 Å². The maximum atomic E-state index is 12.6. The number of ketones is 2. The van der Waals surface area contributed by atoms with E-state index >= 15 is 0 Å². The molecule has 0 spiro atoms. The van der Waals surface area contributed by atoms with Crippen LogP contribution in [0.5, 0.6) is 11.5 Å². The van der Waals surface area contributed by atoms with Crippen LogP contribution < -0.4 is 5.32 Å². The average Bonchev–Trinajstić information content (AvgIpc) is 2.81. The third-order valence-corrected chi connectivity index (χ3v) is 6.54. The fourth-order valence-electron chi connectivity index (χ4n) is 3.55. The normalized spacial score (nSPS) is 15.1. The lowest BCUT2D eigenvalue weighted by Crippen LogP contribution is -2.37. The number of aromatic hydroxyl groups is 2. The summed E-state index contributed by atoms with van der Waals surface area (Å²) in [4.78, 5) is 38.6. The Morgan fingerprint density at radius 2 is 1.59 bits per heavy atom. The van der Waals surface area contributed by atoms with E-state index in [1.54, 1.807) is 30.3 Å². The minimum absolute atomic E-state index is 0.149. The summed E-state index contributed by atoms with van der Waals surface area (Å²) in [5.74, 6) is -2.85. The van der Waals surface area contributed by atoms with Gasteiger partial charge in [-0.25, -0.2) is 0 Å². The number of hydrogen-bond donors (Lipinski definition) is 3. The quantitative estimate of drug-likeness (QED) is 0.300. The van der Waals surface area contributed by atoms with Crippen LogP contribution in [0.1, 0.15) is 21.5 Å². The van der Waals surface area contributed by atoms with Gasteiger partial charge in [0.1, 0.15) is 5.92 Å². The van der Waals surface area contributed by atoms with Crippen LogP contribution in [-0.4, -0.2) is 33.4 Å². The fourth-order valence-corrected chi connectivity index (χ4v) is 4.69. The van der Waals surface area contributed by atoms with Crippen LogP contribution in [0.2, 0.25) is 0 Å². The van der Waals surface area contributed by atoms with E-state index in [1.807, 2.05) is 24.3 Å². The van der Waals surface area contributed by atoms with Crippen LogP contribution in [0.3, 0.4) is 0 Å². The number of anilines is 1. The first-order chi connectivity index (χ1) is 15.4. The molecule has 0 saturated carbocycles. The number of phenolic OH excluding ortho intramolecular Hbond substituents is 2. The Kier molecular flexibility index (Phi) is 6.28. The van der Waals surface area contributed by atoms with E-state index in [0.717, 1.165) is 16.0 Å². The van der Waals surface area contributed by atoms with Gasteiger partial charge in [0, 0.05) is 21.9 Å². The number of benzene rings is 3. The van der Waals surface area contributed by atoms with E-state index in [4.69, 9.17) is 0 Å². The SMILES string of the molecule is O=C(Nc1ccc(CCc2ccc(O)c(O)c2)cc1)C(=O)C1CSc2ccccc2C1=O. The molecule has 0 radical (unpaired) electrons. The van der Waals surface area contributed by atoms with Crippen LogP contribution in [0.4, 0.5) is 5.69 Å². The molecule has 0 aromatic heterocycles. The van der Waals surface area contributed by atoms with Crippen molar-refractivity contribution in [2.45, 2.75) is 17.7 Å². The van der Waals surface area contributed by atoms with Gasteiger partial charge in [-0.1, -0.05) is 36.4 Å². The summed E-state index contributed by atoms with van der Waals surface area (Å²) in [6, 6.07) is 18.9. The largest absolute Gasteiger partial charge is 0.504 e. The van der Waals surface area contributed by atoms with Crippen molar-refractivity contribution in [2.24, 2.45) is 5.92 Å². The van der Waals surface area contributed by atoms with Crippen molar-refractivity contribution in [3.8, 4) is 11.5 Å². The van der Waals surface area contributed by atoms with Crippen LogP contribution >= 0.6 is 11.8 Å². The minimum atomic E-state index is -0.976. The van der Waals surface area contributed by atoms with Gasteiger partial charge in [-0.3, -0.25) is 14.4 Å². The molecule has 4 rings (SSSR count). The number of rotatable bonds is 6. The molecule has 3 aromatic rings. The molecule has 3 aromatic carbocycles. The van der Waals surface area contributed by atoms with E-state index in [1.165, 1.54) is 23.9 Å². The highest BCUT2D eigenvalue weighted by Gasteiger charge is 2.36. The topological polar surface area (TPSA) is 104 Å². The van der Waals surface area contributed by atoms with Crippen LogP contribution in [0.15, 0.2) is 71.6 Å². The zero-order valence-electron chi connectivity index (χ0n) is 17.1. The Morgan fingerprint density at radius 1 is 0.906 bits per heavy atom. The van der Waals surface area contributed by atoms with Gasteiger partial charge in [0.05, 0.1) is 0 Å². The highest BCUT2D eigenvalue weighted by molar-refractivity contribution is 7.99. The predicted octanol–water partition coefficient (Wildman–Crippen LogP) is 4.00. The summed E-state index contributed by atoms with van der Waals surface area (Å²) >= 11 is 1.41. The molecule has 162 valence electrons. The van der Waals surface area contributed by atoms with Crippen molar-refractivity contribution in [3.05, 3.63) is 83.4 Å².